The number of hydrogen-bond acceptors (Lipinski definition) is 6. The fourth-order valence-electron chi connectivity index (χ4n) is 4.03. The van der Waals surface area contributed by atoms with Gasteiger partial charge in [-0.15, -0.1) is 12.4 Å². The summed E-state index contributed by atoms with van der Waals surface area (Å²) in [5.41, 5.74) is 0. The topological polar surface area (TPSA) is 91.7 Å². The zero-order chi connectivity index (χ0) is 16.4. The maximum absolute atomic E-state index is 12.7. The van der Waals surface area contributed by atoms with Crippen LogP contribution in [-0.2, 0) is 19.1 Å². The van der Waals surface area contributed by atoms with Crippen LogP contribution in [0.1, 0.15) is 32.6 Å². The SMILES string of the molecule is CCOC(=O)CO[C@@H]1C[C@@H]2C[C@H]1N[C@@H]2C(=O)N1CCC[C@H]1C#N.Cl. The molecule has 1 aliphatic carbocycles. The molecule has 1 amide bonds. The molecule has 1 saturated carbocycles. The van der Waals surface area contributed by atoms with Gasteiger partial charge in [0.25, 0.3) is 0 Å². The third kappa shape index (κ3) is 3.66. The molecule has 5 atom stereocenters. The number of hydrogen-bond donors (Lipinski definition) is 1. The molecule has 24 heavy (non-hydrogen) atoms. The average Bonchev–Trinajstić information content (AvgIpc) is 3.26. The molecule has 3 fully saturated rings. The number of rotatable bonds is 5. The van der Waals surface area contributed by atoms with Crippen molar-refractivity contribution in [2.75, 3.05) is 19.8 Å². The molecular weight excluding hydrogens is 334 g/mol. The van der Waals surface area contributed by atoms with Gasteiger partial charge < -0.3 is 19.7 Å². The normalized spacial score (nSPS) is 33.8. The summed E-state index contributed by atoms with van der Waals surface area (Å²) in [5.74, 6) is -0.0816. The second kappa shape index (κ2) is 8.15. The van der Waals surface area contributed by atoms with Crippen molar-refractivity contribution < 1.29 is 19.1 Å². The van der Waals surface area contributed by atoms with E-state index in [1.807, 2.05) is 0 Å². The maximum Gasteiger partial charge on any atom is 0.332 e. The number of likely N-dealkylation sites (tertiary alicyclic amines) is 1. The predicted octanol–water partition coefficient (Wildman–Crippen LogP) is 0.621. The predicted molar refractivity (Wildman–Crippen MR) is 87.4 cm³/mol. The molecule has 0 aromatic heterocycles. The van der Waals surface area contributed by atoms with Gasteiger partial charge in [-0.1, -0.05) is 0 Å². The Morgan fingerprint density at radius 3 is 2.79 bits per heavy atom. The molecule has 2 aliphatic heterocycles. The second-order valence-corrected chi connectivity index (χ2v) is 6.46. The second-order valence-electron chi connectivity index (χ2n) is 6.46. The van der Waals surface area contributed by atoms with Gasteiger partial charge >= 0.3 is 5.97 Å². The zero-order valence-electron chi connectivity index (χ0n) is 13.8. The van der Waals surface area contributed by atoms with Crippen LogP contribution in [0.15, 0.2) is 0 Å². The maximum atomic E-state index is 12.7. The highest BCUT2D eigenvalue weighted by Gasteiger charge is 2.50. The van der Waals surface area contributed by atoms with E-state index in [0.29, 0.717) is 13.2 Å². The summed E-state index contributed by atoms with van der Waals surface area (Å²) in [6.45, 7) is 2.75. The summed E-state index contributed by atoms with van der Waals surface area (Å²) in [5, 5.41) is 12.5. The quantitative estimate of drug-likeness (QED) is 0.725. The number of nitrogens with one attached hydrogen (secondary N) is 1. The number of esters is 1. The minimum Gasteiger partial charge on any atom is -0.464 e. The Hall–Kier alpha value is -1.36. The number of carbonyl (C=O) groups is 2. The van der Waals surface area contributed by atoms with Crippen LogP contribution in [0, 0.1) is 17.2 Å². The van der Waals surface area contributed by atoms with E-state index in [4.69, 9.17) is 14.7 Å². The van der Waals surface area contributed by atoms with Crippen LogP contribution in [0.25, 0.3) is 0 Å². The van der Waals surface area contributed by atoms with Crippen molar-refractivity contribution in [3.63, 3.8) is 0 Å². The molecule has 7 nitrogen and oxygen atoms in total. The number of carbonyl (C=O) groups excluding carboxylic acids is 2. The first-order chi connectivity index (χ1) is 11.1. The van der Waals surface area contributed by atoms with Crippen LogP contribution in [0.2, 0.25) is 0 Å². The summed E-state index contributed by atoms with van der Waals surface area (Å²) < 4.78 is 10.5. The van der Waals surface area contributed by atoms with E-state index in [1.54, 1.807) is 11.8 Å². The first-order valence-electron chi connectivity index (χ1n) is 8.37. The van der Waals surface area contributed by atoms with E-state index < -0.39 is 0 Å². The van der Waals surface area contributed by atoms with Gasteiger partial charge in [-0.25, -0.2) is 4.79 Å². The van der Waals surface area contributed by atoms with Gasteiger partial charge in [0.2, 0.25) is 5.91 Å². The lowest BCUT2D eigenvalue weighted by atomic mass is 9.97. The smallest absolute Gasteiger partial charge is 0.332 e. The van der Waals surface area contributed by atoms with E-state index in [2.05, 4.69) is 11.4 Å². The largest absolute Gasteiger partial charge is 0.464 e. The Labute approximate surface area is 148 Å². The number of nitriles is 1. The van der Waals surface area contributed by atoms with E-state index in [-0.39, 0.29) is 61.0 Å². The third-order valence-electron chi connectivity index (χ3n) is 5.08. The van der Waals surface area contributed by atoms with Gasteiger partial charge in [-0.05, 0) is 38.5 Å². The van der Waals surface area contributed by atoms with E-state index in [9.17, 15) is 9.59 Å². The molecule has 8 heteroatoms. The van der Waals surface area contributed by atoms with Gasteiger partial charge in [-0.2, -0.15) is 5.26 Å². The molecule has 0 unspecified atom stereocenters. The molecule has 2 heterocycles. The first kappa shape index (κ1) is 19.0. The Morgan fingerprint density at radius 1 is 1.38 bits per heavy atom. The van der Waals surface area contributed by atoms with Crippen LogP contribution in [0.3, 0.4) is 0 Å². The highest BCUT2D eigenvalue weighted by Crippen LogP contribution is 2.38. The highest BCUT2D eigenvalue weighted by molar-refractivity contribution is 5.85. The molecule has 3 aliphatic rings. The fraction of sp³-hybridized carbons (Fsp3) is 0.812. The Kier molecular flexibility index (Phi) is 6.44. The summed E-state index contributed by atoms with van der Waals surface area (Å²) in [6, 6.07) is 1.83. The minimum absolute atomic E-state index is 0. The summed E-state index contributed by atoms with van der Waals surface area (Å²) in [4.78, 5) is 25.7. The van der Waals surface area contributed by atoms with Crippen LogP contribution in [0.4, 0.5) is 0 Å². The summed E-state index contributed by atoms with van der Waals surface area (Å²) in [6.07, 6.45) is 3.29. The Balaban J connectivity index is 0.00000208. The summed E-state index contributed by atoms with van der Waals surface area (Å²) in [7, 11) is 0. The van der Waals surface area contributed by atoms with Gasteiger partial charge in [0, 0.05) is 12.6 Å². The van der Waals surface area contributed by atoms with E-state index in [0.717, 1.165) is 25.7 Å². The lowest BCUT2D eigenvalue weighted by molar-refractivity contribution is -0.151. The number of piperidine rings is 1. The summed E-state index contributed by atoms with van der Waals surface area (Å²) >= 11 is 0. The molecule has 0 spiro atoms. The van der Waals surface area contributed by atoms with Gasteiger partial charge in [0.1, 0.15) is 12.6 Å². The molecular formula is C16H24ClN3O4. The van der Waals surface area contributed by atoms with Crippen molar-refractivity contribution in [2.45, 2.75) is 56.8 Å². The average molecular weight is 358 g/mol. The van der Waals surface area contributed by atoms with Crippen molar-refractivity contribution in [1.29, 1.82) is 5.26 Å². The molecule has 2 bridgehead atoms. The van der Waals surface area contributed by atoms with Gasteiger partial charge in [-0.3, -0.25) is 4.79 Å². The van der Waals surface area contributed by atoms with Crippen molar-refractivity contribution in [1.82, 2.24) is 10.2 Å². The minimum atomic E-state index is -0.350. The van der Waals surface area contributed by atoms with Gasteiger partial charge in [0.15, 0.2) is 0 Å². The standard InChI is InChI=1S/C16H23N3O4.ClH/c1-2-22-14(20)9-23-13-7-10-6-12(13)18-15(10)16(21)19-5-3-4-11(19)8-17;/h10-13,15,18H,2-7,9H2,1H3;1H/t10-,11-,12+,13+,15-;/m0./s1. The Morgan fingerprint density at radius 2 is 2.17 bits per heavy atom. The van der Waals surface area contributed by atoms with Gasteiger partial charge in [0.05, 0.1) is 24.8 Å². The van der Waals surface area contributed by atoms with Crippen LogP contribution in [-0.4, -0.2) is 60.8 Å². The zero-order valence-corrected chi connectivity index (χ0v) is 14.6. The number of amides is 1. The monoisotopic (exact) mass is 357 g/mol. The number of fused-ring (bicyclic) bond motifs is 2. The molecule has 0 radical (unpaired) electrons. The lowest BCUT2D eigenvalue weighted by Crippen LogP contribution is -2.54. The molecule has 0 aromatic carbocycles. The fourth-order valence-corrected chi connectivity index (χ4v) is 4.03. The van der Waals surface area contributed by atoms with Crippen molar-refractivity contribution >= 4 is 24.3 Å². The van der Waals surface area contributed by atoms with Crippen LogP contribution < -0.4 is 5.32 Å². The number of ether oxygens (including phenoxy) is 2. The third-order valence-corrected chi connectivity index (χ3v) is 5.08. The molecule has 1 N–H and O–H groups in total. The van der Waals surface area contributed by atoms with Crippen molar-refractivity contribution in [3.05, 3.63) is 0 Å². The van der Waals surface area contributed by atoms with E-state index in [1.165, 1.54) is 0 Å². The van der Waals surface area contributed by atoms with Crippen LogP contribution >= 0.6 is 12.4 Å². The lowest BCUT2D eigenvalue weighted by Gasteiger charge is -2.32. The molecule has 2 saturated heterocycles. The molecule has 0 aromatic rings. The van der Waals surface area contributed by atoms with Crippen molar-refractivity contribution in [2.24, 2.45) is 5.92 Å². The first-order valence-corrected chi connectivity index (χ1v) is 8.37. The highest BCUT2D eigenvalue weighted by atomic mass is 35.5. The van der Waals surface area contributed by atoms with Crippen LogP contribution in [0.5, 0.6) is 0 Å². The van der Waals surface area contributed by atoms with E-state index >= 15 is 0 Å². The molecule has 134 valence electrons. The Bertz CT molecular complexity index is 524. The molecule has 3 rings (SSSR count). The number of halogens is 1. The number of nitrogens with zero attached hydrogens (tertiary/aromatic N) is 2. The van der Waals surface area contributed by atoms with Crippen molar-refractivity contribution in [3.8, 4) is 6.07 Å².